The lowest BCUT2D eigenvalue weighted by atomic mass is 10.1. The van der Waals surface area contributed by atoms with Crippen LogP contribution < -0.4 is 5.32 Å². The van der Waals surface area contributed by atoms with E-state index in [9.17, 15) is 4.79 Å². The minimum absolute atomic E-state index is 0.0806. The predicted molar refractivity (Wildman–Crippen MR) is 129 cm³/mol. The van der Waals surface area contributed by atoms with E-state index in [0.29, 0.717) is 5.16 Å². The van der Waals surface area contributed by atoms with Gasteiger partial charge in [-0.25, -0.2) is 0 Å². The van der Waals surface area contributed by atoms with Gasteiger partial charge in [0.15, 0.2) is 11.0 Å². The van der Waals surface area contributed by atoms with Crippen LogP contribution in [-0.2, 0) is 4.79 Å². The fourth-order valence-corrected chi connectivity index (χ4v) is 4.38. The number of benzene rings is 3. The van der Waals surface area contributed by atoms with Crippen LogP contribution in [-0.4, -0.2) is 32.7 Å². The highest BCUT2D eigenvalue weighted by Crippen LogP contribution is 2.28. The number of anilines is 1. The van der Waals surface area contributed by atoms with Crippen molar-refractivity contribution in [2.75, 3.05) is 17.3 Å². The molecule has 0 fully saturated rings. The Balaban J connectivity index is 1.57. The van der Waals surface area contributed by atoms with Gasteiger partial charge in [-0.3, -0.25) is 9.36 Å². The number of aromatic nitrogens is 3. The zero-order valence-electron chi connectivity index (χ0n) is 17.3. The summed E-state index contributed by atoms with van der Waals surface area (Å²) in [7, 11) is 0. The van der Waals surface area contributed by atoms with Gasteiger partial charge in [0.05, 0.1) is 5.75 Å². The summed E-state index contributed by atoms with van der Waals surface area (Å²) in [6.45, 7) is 2.05. The van der Waals surface area contributed by atoms with Crippen LogP contribution >= 0.6 is 23.5 Å². The second-order valence-corrected chi connectivity index (χ2v) is 8.74. The van der Waals surface area contributed by atoms with Gasteiger partial charge in [0, 0.05) is 21.8 Å². The minimum atomic E-state index is -0.0806. The van der Waals surface area contributed by atoms with Gasteiger partial charge in [0.2, 0.25) is 5.91 Å². The number of amides is 1. The summed E-state index contributed by atoms with van der Waals surface area (Å²) < 4.78 is 2.00. The van der Waals surface area contributed by atoms with Crippen molar-refractivity contribution in [2.24, 2.45) is 0 Å². The maximum atomic E-state index is 12.6. The average Bonchev–Trinajstić information content (AvgIpc) is 3.22. The molecule has 1 N–H and O–H groups in total. The third-order valence-corrected chi connectivity index (χ3v) is 6.26. The molecule has 0 saturated heterocycles. The highest BCUT2D eigenvalue weighted by molar-refractivity contribution is 7.99. The fourth-order valence-electron chi connectivity index (χ4n) is 3.17. The van der Waals surface area contributed by atoms with Crippen molar-refractivity contribution in [3.8, 4) is 17.1 Å². The molecule has 1 amide bonds. The quantitative estimate of drug-likeness (QED) is 0.369. The maximum Gasteiger partial charge on any atom is 0.234 e. The van der Waals surface area contributed by atoms with Gasteiger partial charge in [-0.05, 0) is 49.6 Å². The number of hydrogen-bond donors (Lipinski definition) is 1. The molecule has 4 aromatic rings. The first-order valence-corrected chi connectivity index (χ1v) is 12.0. The Bertz CT molecular complexity index is 1190. The number of rotatable bonds is 7. The van der Waals surface area contributed by atoms with E-state index in [2.05, 4.69) is 34.6 Å². The van der Waals surface area contributed by atoms with Gasteiger partial charge in [-0.2, -0.15) is 0 Å². The van der Waals surface area contributed by atoms with Crippen molar-refractivity contribution in [1.29, 1.82) is 0 Å². The molecule has 1 heterocycles. The van der Waals surface area contributed by atoms with Crippen molar-refractivity contribution in [1.82, 2.24) is 14.8 Å². The molecule has 4 rings (SSSR count). The molecule has 0 aliphatic carbocycles. The van der Waals surface area contributed by atoms with E-state index in [1.165, 1.54) is 11.8 Å². The number of carbonyl (C=O) groups is 1. The Hall–Kier alpha value is -3.03. The summed E-state index contributed by atoms with van der Waals surface area (Å²) in [5.41, 5.74) is 3.89. The molecule has 0 saturated carbocycles. The first-order valence-electron chi connectivity index (χ1n) is 9.78. The van der Waals surface area contributed by atoms with Crippen LogP contribution in [0.5, 0.6) is 0 Å². The van der Waals surface area contributed by atoms with Gasteiger partial charge in [-0.1, -0.05) is 59.8 Å². The number of carbonyl (C=O) groups excluding carboxylic acids is 1. The van der Waals surface area contributed by atoms with Gasteiger partial charge < -0.3 is 5.32 Å². The minimum Gasteiger partial charge on any atom is -0.325 e. The Labute approximate surface area is 190 Å². The molecule has 0 unspecified atom stereocenters. The summed E-state index contributed by atoms with van der Waals surface area (Å²) in [5, 5.41) is 12.5. The first-order chi connectivity index (χ1) is 15.1. The molecule has 156 valence electrons. The summed E-state index contributed by atoms with van der Waals surface area (Å²) in [5.74, 6) is 0.913. The number of nitrogens with zero attached hydrogens (tertiary/aromatic N) is 3. The van der Waals surface area contributed by atoms with Crippen molar-refractivity contribution >= 4 is 35.1 Å². The third kappa shape index (κ3) is 5.18. The largest absolute Gasteiger partial charge is 0.325 e. The lowest BCUT2D eigenvalue weighted by Crippen LogP contribution is -2.14. The first kappa shape index (κ1) is 21.2. The lowest BCUT2D eigenvalue weighted by molar-refractivity contribution is -0.113. The summed E-state index contributed by atoms with van der Waals surface area (Å²) in [4.78, 5) is 13.7. The molecule has 3 aromatic carbocycles. The third-order valence-electron chi connectivity index (χ3n) is 4.61. The molecule has 0 atom stereocenters. The Morgan fingerprint density at radius 3 is 2.55 bits per heavy atom. The average molecular weight is 447 g/mol. The molecule has 1 aromatic heterocycles. The number of thioether (sulfide) groups is 2. The van der Waals surface area contributed by atoms with Gasteiger partial charge in [0.25, 0.3) is 0 Å². The van der Waals surface area contributed by atoms with E-state index in [1.807, 2.05) is 77.6 Å². The van der Waals surface area contributed by atoms with Crippen LogP contribution in [0.1, 0.15) is 5.56 Å². The Morgan fingerprint density at radius 2 is 1.77 bits per heavy atom. The summed E-state index contributed by atoms with van der Waals surface area (Å²) in [6.07, 6.45) is 2.01. The maximum absolute atomic E-state index is 12.6. The molecule has 0 aliphatic rings. The highest BCUT2D eigenvalue weighted by atomic mass is 32.2. The molecule has 0 radical (unpaired) electrons. The standard InChI is InChI=1S/C24H22N4OS2/c1-17-8-6-9-18(14-17)23-26-27-24(28(23)20-11-4-3-5-12-20)31-16-22(29)25-19-10-7-13-21(15-19)30-2/h3-15H,16H2,1-2H3,(H,25,29). The van der Waals surface area contributed by atoms with Crippen LogP contribution in [0.25, 0.3) is 17.1 Å². The number of hydrogen-bond acceptors (Lipinski definition) is 5. The highest BCUT2D eigenvalue weighted by Gasteiger charge is 2.17. The van der Waals surface area contributed by atoms with Crippen molar-refractivity contribution in [3.05, 3.63) is 84.4 Å². The van der Waals surface area contributed by atoms with Crippen LogP contribution in [0.2, 0.25) is 0 Å². The van der Waals surface area contributed by atoms with Crippen LogP contribution in [0.15, 0.2) is 88.9 Å². The second-order valence-electron chi connectivity index (χ2n) is 6.92. The summed E-state index contributed by atoms with van der Waals surface area (Å²) >= 11 is 3.01. The molecule has 0 spiro atoms. The van der Waals surface area contributed by atoms with E-state index in [4.69, 9.17) is 0 Å². The van der Waals surface area contributed by atoms with Gasteiger partial charge >= 0.3 is 0 Å². The van der Waals surface area contributed by atoms with E-state index in [0.717, 1.165) is 33.2 Å². The smallest absolute Gasteiger partial charge is 0.234 e. The fraction of sp³-hybridized carbons (Fsp3) is 0.125. The van der Waals surface area contributed by atoms with Crippen LogP contribution in [0, 0.1) is 6.92 Å². The number of para-hydroxylation sites is 1. The molecule has 7 heteroatoms. The predicted octanol–water partition coefficient (Wildman–Crippen LogP) is 5.70. The molecule has 5 nitrogen and oxygen atoms in total. The van der Waals surface area contributed by atoms with Crippen LogP contribution in [0.4, 0.5) is 5.69 Å². The number of nitrogens with one attached hydrogen (secondary N) is 1. The summed E-state index contributed by atoms with van der Waals surface area (Å²) in [6, 6.07) is 26.0. The molecule has 0 bridgehead atoms. The van der Waals surface area contributed by atoms with Crippen molar-refractivity contribution in [3.63, 3.8) is 0 Å². The number of aryl methyl sites for hydroxylation is 1. The van der Waals surface area contributed by atoms with E-state index < -0.39 is 0 Å². The van der Waals surface area contributed by atoms with Gasteiger partial charge in [-0.15, -0.1) is 22.0 Å². The van der Waals surface area contributed by atoms with E-state index in [-0.39, 0.29) is 11.7 Å². The molecule has 0 aliphatic heterocycles. The molecular formula is C24H22N4OS2. The van der Waals surface area contributed by atoms with Crippen LogP contribution in [0.3, 0.4) is 0 Å². The zero-order valence-corrected chi connectivity index (χ0v) is 18.9. The van der Waals surface area contributed by atoms with E-state index >= 15 is 0 Å². The lowest BCUT2D eigenvalue weighted by Gasteiger charge is -2.11. The van der Waals surface area contributed by atoms with Crippen molar-refractivity contribution in [2.45, 2.75) is 17.0 Å². The van der Waals surface area contributed by atoms with Gasteiger partial charge in [0.1, 0.15) is 0 Å². The zero-order chi connectivity index (χ0) is 21.6. The SMILES string of the molecule is CSc1cccc(NC(=O)CSc2nnc(-c3cccc(C)c3)n2-c2ccccc2)c1. The molecule has 31 heavy (non-hydrogen) atoms. The normalized spacial score (nSPS) is 10.8. The second kappa shape index (κ2) is 9.85. The monoisotopic (exact) mass is 446 g/mol. The Kier molecular flexibility index (Phi) is 6.74. The van der Waals surface area contributed by atoms with Crippen molar-refractivity contribution < 1.29 is 4.79 Å². The topological polar surface area (TPSA) is 59.8 Å². The Morgan fingerprint density at radius 1 is 0.968 bits per heavy atom. The van der Waals surface area contributed by atoms with E-state index in [1.54, 1.807) is 11.8 Å². The molecular weight excluding hydrogens is 424 g/mol.